The van der Waals surface area contributed by atoms with E-state index in [2.05, 4.69) is 15.5 Å². The number of anilines is 1. The second kappa shape index (κ2) is 8.16. The lowest BCUT2D eigenvalue weighted by Crippen LogP contribution is -2.30. The second-order valence-electron chi connectivity index (χ2n) is 5.32. The molecule has 0 fully saturated rings. The third-order valence-electron chi connectivity index (χ3n) is 3.49. The van der Waals surface area contributed by atoms with Crippen LogP contribution in [0, 0.1) is 0 Å². The summed E-state index contributed by atoms with van der Waals surface area (Å²) in [7, 11) is 1.55. The van der Waals surface area contributed by atoms with E-state index in [4.69, 9.17) is 21.1 Å². The molecule has 1 heterocycles. The molecule has 1 aromatic heterocycles. The third kappa shape index (κ3) is 4.30. The van der Waals surface area contributed by atoms with Crippen molar-refractivity contribution in [3.05, 3.63) is 53.6 Å². The molecule has 0 spiro atoms. The summed E-state index contributed by atoms with van der Waals surface area (Å²) >= 11 is 7.16. The molecule has 2 aromatic carbocycles. The van der Waals surface area contributed by atoms with Gasteiger partial charge in [0.05, 0.1) is 7.11 Å². The van der Waals surface area contributed by atoms with Crippen LogP contribution in [0.25, 0.3) is 10.6 Å². The Labute approximate surface area is 159 Å². The van der Waals surface area contributed by atoms with Crippen molar-refractivity contribution >= 4 is 34.0 Å². The van der Waals surface area contributed by atoms with Crippen LogP contribution in [0.15, 0.2) is 48.5 Å². The summed E-state index contributed by atoms with van der Waals surface area (Å²) in [5, 5.41) is 12.5. The van der Waals surface area contributed by atoms with Gasteiger partial charge in [-0.2, -0.15) is 0 Å². The highest BCUT2D eigenvalue weighted by atomic mass is 35.5. The Morgan fingerprint density at radius 3 is 2.50 bits per heavy atom. The monoisotopic (exact) mass is 389 g/mol. The number of rotatable bonds is 6. The number of aromatic nitrogens is 2. The fourth-order valence-corrected chi connectivity index (χ4v) is 3.03. The lowest BCUT2D eigenvalue weighted by Gasteiger charge is -2.15. The average Bonchev–Trinajstić information content (AvgIpc) is 3.11. The van der Waals surface area contributed by atoms with Gasteiger partial charge >= 0.3 is 0 Å². The summed E-state index contributed by atoms with van der Waals surface area (Å²) in [6.07, 6.45) is -0.728. The Hall–Kier alpha value is -2.64. The lowest BCUT2D eigenvalue weighted by molar-refractivity contribution is -0.122. The fraction of sp³-hybridized carbons (Fsp3) is 0.167. The standard InChI is InChI=1S/C18H16ClN3O3S/c1-11(25-15-6-4-3-5-14(15)24-2)16(23)20-18-22-21-17(26-18)12-7-9-13(19)10-8-12/h3-11H,1-2H3,(H,20,22,23). The highest BCUT2D eigenvalue weighted by Crippen LogP contribution is 2.29. The number of nitrogens with one attached hydrogen (secondary N) is 1. The van der Waals surface area contributed by atoms with Crippen LogP contribution < -0.4 is 14.8 Å². The molecule has 0 saturated carbocycles. The number of carbonyl (C=O) groups excluding carboxylic acids is 1. The molecule has 26 heavy (non-hydrogen) atoms. The van der Waals surface area contributed by atoms with Gasteiger partial charge < -0.3 is 9.47 Å². The number of ether oxygens (including phenoxy) is 2. The SMILES string of the molecule is COc1ccccc1OC(C)C(=O)Nc1nnc(-c2ccc(Cl)cc2)s1. The van der Waals surface area contributed by atoms with Gasteiger partial charge in [-0.1, -0.05) is 47.2 Å². The van der Waals surface area contributed by atoms with E-state index in [1.165, 1.54) is 11.3 Å². The molecule has 0 aliphatic carbocycles. The largest absolute Gasteiger partial charge is 0.493 e. The number of nitrogens with zero attached hydrogens (tertiary/aromatic N) is 2. The van der Waals surface area contributed by atoms with Crippen molar-refractivity contribution in [3.8, 4) is 22.1 Å². The molecule has 0 aliphatic rings. The maximum Gasteiger partial charge on any atom is 0.266 e. The number of carbonyl (C=O) groups is 1. The van der Waals surface area contributed by atoms with Crippen LogP contribution in [0.4, 0.5) is 5.13 Å². The van der Waals surface area contributed by atoms with E-state index in [9.17, 15) is 4.79 Å². The Morgan fingerprint density at radius 2 is 1.81 bits per heavy atom. The molecule has 1 atom stereocenters. The molecule has 0 bridgehead atoms. The van der Waals surface area contributed by atoms with Gasteiger partial charge in [-0.15, -0.1) is 10.2 Å². The van der Waals surface area contributed by atoms with E-state index in [-0.39, 0.29) is 5.91 Å². The van der Waals surface area contributed by atoms with Crippen molar-refractivity contribution in [1.29, 1.82) is 0 Å². The van der Waals surface area contributed by atoms with E-state index in [1.54, 1.807) is 38.3 Å². The molecular formula is C18H16ClN3O3S. The zero-order valence-corrected chi connectivity index (χ0v) is 15.7. The zero-order valence-electron chi connectivity index (χ0n) is 14.1. The quantitative estimate of drug-likeness (QED) is 0.681. The normalized spacial score (nSPS) is 11.7. The molecule has 0 radical (unpaired) electrons. The minimum Gasteiger partial charge on any atom is -0.493 e. The summed E-state index contributed by atoms with van der Waals surface area (Å²) in [6, 6.07) is 14.4. The zero-order chi connectivity index (χ0) is 18.5. The molecule has 0 aliphatic heterocycles. The van der Waals surface area contributed by atoms with E-state index >= 15 is 0 Å². The number of hydrogen-bond acceptors (Lipinski definition) is 6. The summed E-state index contributed by atoms with van der Waals surface area (Å²) in [6.45, 7) is 1.66. The molecule has 1 unspecified atom stereocenters. The first-order valence-corrected chi connectivity index (χ1v) is 8.96. The summed E-state index contributed by atoms with van der Waals surface area (Å²) in [5.74, 6) is 0.736. The molecule has 3 rings (SSSR count). The first-order chi connectivity index (χ1) is 12.6. The first-order valence-electron chi connectivity index (χ1n) is 7.77. The Bertz CT molecular complexity index is 899. The van der Waals surface area contributed by atoms with Gasteiger partial charge in [0.15, 0.2) is 17.6 Å². The molecule has 6 nitrogen and oxygen atoms in total. The number of benzene rings is 2. The van der Waals surface area contributed by atoms with Crippen molar-refractivity contribution in [1.82, 2.24) is 10.2 Å². The predicted molar refractivity (Wildman–Crippen MR) is 102 cm³/mol. The average molecular weight is 390 g/mol. The highest BCUT2D eigenvalue weighted by Gasteiger charge is 2.18. The van der Waals surface area contributed by atoms with Gasteiger partial charge in [0, 0.05) is 10.6 Å². The van der Waals surface area contributed by atoms with Gasteiger partial charge in [-0.05, 0) is 31.2 Å². The molecule has 1 amide bonds. The molecule has 3 aromatic rings. The highest BCUT2D eigenvalue weighted by molar-refractivity contribution is 7.18. The lowest BCUT2D eigenvalue weighted by atomic mass is 10.2. The first kappa shape index (κ1) is 18.2. The van der Waals surface area contributed by atoms with Crippen LogP contribution in [0.5, 0.6) is 11.5 Å². The van der Waals surface area contributed by atoms with Crippen LogP contribution in [-0.4, -0.2) is 29.3 Å². The molecule has 1 N–H and O–H groups in total. The van der Waals surface area contributed by atoms with Crippen LogP contribution in [0.3, 0.4) is 0 Å². The van der Waals surface area contributed by atoms with Crippen LogP contribution >= 0.6 is 22.9 Å². The van der Waals surface area contributed by atoms with Crippen molar-refractivity contribution in [2.24, 2.45) is 0 Å². The number of amides is 1. The summed E-state index contributed by atoms with van der Waals surface area (Å²) < 4.78 is 10.9. The number of methoxy groups -OCH3 is 1. The number of hydrogen-bond donors (Lipinski definition) is 1. The number of para-hydroxylation sites is 2. The van der Waals surface area contributed by atoms with Crippen molar-refractivity contribution in [2.45, 2.75) is 13.0 Å². The van der Waals surface area contributed by atoms with E-state index in [0.717, 1.165) is 5.56 Å². The third-order valence-corrected chi connectivity index (χ3v) is 4.63. The van der Waals surface area contributed by atoms with Crippen molar-refractivity contribution in [2.75, 3.05) is 12.4 Å². The Balaban J connectivity index is 1.65. The molecule has 8 heteroatoms. The summed E-state index contributed by atoms with van der Waals surface area (Å²) in [4.78, 5) is 12.4. The maximum atomic E-state index is 12.4. The van der Waals surface area contributed by atoms with Gasteiger partial charge in [0.1, 0.15) is 5.01 Å². The van der Waals surface area contributed by atoms with Crippen LogP contribution in [0.2, 0.25) is 5.02 Å². The van der Waals surface area contributed by atoms with Gasteiger partial charge in [0.25, 0.3) is 5.91 Å². The molecular weight excluding hydrogens is 374 g/mol. The smallest absolute Gasteiger partial charge is 0.266 e. The van der Waals surface area contributed by atoms with Crippen molar-refractivity contribution in [3.63, 3.8) is 0 Å². The van der Waals surface area contributed by atoms with E-state index < -0.39 is 6.10 Å². The minimum atomic E-state index is -0.728. The van der Waals surface area contributed by atoms with Gasteiger partial charge in [0.2, 0.25) is 5.13 Å². The Kier molecular flexibility index (Phi) is 5.70. The Morgan fingerprint density at radius 1 is 1.12 bits per heavy atom. The predicted octanol–water partition coefficient (Wildman–Crippen LogP) is 4.27. The maximum absolute atomic E-state index is 12.4. The van der Waals surface area contributed by atoms with Crippen LogP contribution in [-0.2, 0) is 4.79 Å². The number of halogens is 1. The minimum absolute atomic E-state index is 0.324. The van der Waals surface area contributed by atoms with Crippen molar-refractivity contribution < 1.29 is 14.3 Å². The van der Waals surface area contributed by atoms with Gasteiger partial charge in [-0.3, -0.25) is 10.1 Å². The topological polar surface area (TPSA) is 73.3 Å². The van der Waals surface area contributed by atoms with E-state index in [1.807, 2.05) is 24.3 Å². The van der Waals surface area contributed by atoms with Crippen LogP contribution in [0.1, 0.15) is 6.92 Å². The molecule has 0 saturated heterocycles. The fourth-order valence-electron chi connectivity index (χ4n) is 2.15. The van der Waals surface area contributed by atoms with Gasteiger partial charge in [-0.25, -0.2) is 0 Å². The second-order valence-corrected chi connectivity index (χ2v) is 6.73. The summed E-state index contributed by atoms with van der Waals surface area (Å²) in [5.41, 5.74) is 0.880. The molecule has 134 valence electrons. The van der Waals surface area contributed by atoms with E-state index in [0.29, 0.717) is 26.7 Å².